The molecule has 6 aromatic rings. The van der Waals surface area contributed by atoms with Crippen LogP contribution in [0, 0.1) is 0 Å². The van der Waals surface area contributed by atoms with E-state index in [1.54, 1.807) is 41.3 Å². The molecule has 1 N–H and O–H groups in total. The van der Waals surface area contributed by atoms with E-state index in [-0.39, 0.29) is 0 Å². The Hall–Kier alpha value is -4.13. The molecule has 0 aromatic carbocycles. The second-order valence-corrected chi connectivity index (χ2v) is 10.2. The van der Waals surface area contributed by atoms with Gasteiger partial charge in [-0.2, -0.15) is 19.8 Å². The van der Waals surface area contributed by atoms with Crippen molar-refractivity contribution in [2.75, 3.05) is 9.80 Å². The third-order valence-corrected chi connectivity index (χ3v) is 8.07. The summed E-state index contributed by atoms with van der Waals surface area (Å²) >= 11 is 4.58. The first kappa shape index (κ1) is 21.2. The van der Waals surface area contributed by atoms with E-state index in [0.717, 1.165) is 27.1 Å². The quantitative estimate of drug-likeness (QED) is 0.302. The number of rotatable bonds is 6. The van der Waals surface area contributed by atoms with Crippen LogP contribution in [-0.2, 0) is 5.66 Å². The van der Waals surface area contributed by atoms with Crippen LogP contribution in [0.25, 0.3) is 11.4 Å². The van der Waals surface area contributed by atoms with E-state index in [0.29, 0.717) is 17.3 Å². The number of hydrogen-bond donors (Lipinski definition) is 1. The van der Waals surface area contributed by atoms with Gasteiger partial charge in [0.2, 0.25) is 5.66 Å². The molecule has 12 heteroatoms. The average Bonchev–Trinajstić information content (AvgIpc) is 3.73. The van der Waals surface area contributed by atoms with E-state index in [2.05, 4.69) is 36.7 Å². The number of nitrogens with zero attached hydrogens (tertiary/aromatic N) is 7. The highest BCUT2D eigenvalue weighted by atomic mass is 32.1. The minimum atomic E-state index is -1.12. The van der Waals surface area contributed by atoms with Crippen molar-refractivity contribution in [1.82, 2.24) is 29.8 Å². The zero-order chi connectivity index (χ0) is 24.0. The predicted octanol–water partition coefficient (Wildman–Crippen LogP) is 5.52. The maximum absolute atomic E-state index is 6.21. The molecular formula is C24H16N8OS3. The van der Waals surface area contributed by atoms with Gasteiger partial charge in [-0.1, -0.05) is 6.07 Å². The van der Waals surface area contributed by atoms with E-state index in [1.807, 2.05) is 59.4 Å². The van der Waals surface area contributed by atoms with Gasteiger partial charge in [-0.3, -0.25) is 9.80 Å². The number of thiazole rings is 1. The lowest BCUT2D eigenvalue weighted by Crippen LogP contribution is -2.53. The smallest absolute Gasteiger partial charge is 0.230 e. The summed E-state index contributed by atoms with van der Waals surface area (Å²) in [7, 11) is 0. The van der Waals surface area contributed by atoms with Crippen LogP contribution in [0.3, 0.4) is 0 Å². The standard InChI is InChI=1S/C24H16N8OS3/c1-2-9-25-19(6-1)31-21(16-8-13-36-29-16)22(23-26-10-14-35-23)32(20-7-4-12-34-20)24(31,17-15-27-30-28-17)18-5-3-11-33-18/h1-15H,(H,27,28,30). The van der Waals surface area contributed by atoms with Crippen molar-refractivity contribution >= 4 is 56.4 Å². The van der Waals surface area contributed by atoms with Crippen molar-refractivity contribution in [1.29, 1.82) is 0 Å². The molecule has 6 aromatic heterocycles. The largest absolute Gasteiger partial charge is 0.464 e. The first-order valence-electron chi connectivity index (χ1n) is 10.9. The lowest BCUT2D eigenvalue weighted by molar-refractivity contribution is 0.395. The fourth-order valence-electron chi connectivity index (χ4n) is 4.60. The van der Waals surface area contributed by atoms with E-state index in [1.165, 1.54) is 11.5 Å². The van der Waals surface area contributed by atoms with Gasteiger partial charge in [0.25, 0.3) is 0 Å². The second-order valence-electron chi connectivity index (χ2n) is 7.73. The van der Waals surface area contributed by atoms with E-state index >= 15 is 0 Å². The maximum Gasteiger partial charge on any atom is 0.230 e. The number of aromatic amines is 1. The fourth-order valence-corrected chi connectivity index (χ4v) is 6.56. The van der Waals surface area contributed by atoms with Crippen LogP contribution < -0.4 is 9.80 Å². The van der Waals surface area contributed by atoms with Gasteiger partial charge in [-0.05, 0) is 59.4 Å². The fraction of sp³-hybridized carbons (Fsp3) is 0.0417. The van der Waals surface area contributed by atoms with Crippen LogP contribution in [-0.4, -0.2) is 29.8 Å². The average molecular weight is 529 g/mol. The number of nitrogens with one attached hydrogen (secondary N) is 1. The summed E-state index contributed by atoms with van der Waals surface area (Å²) < 4.78 is 11.0. The van der Waals surface area contributed by atoms with Gasteiger partial charge >= 0.3 is 0 Å². The predicted molar refractivity (Wildman–Crippen MR) is 140 cm³/mol. The van der Waals surface area contributed by atoms with Crippen molar-refractivity contribution in [2.24, 2.45) is 0 Å². The van der Waals surface area contributed by atoms with Crippen molar-refractivity contribution in [3.05, 3.63) is 112 Å². The van der Waals surface area contributed by atoms with Crippen LogP contribution in [0.5, 0.6) is 0 Å². The lowest BCUT2D eigenvalue weighted by Gasteiger charge is -2.42. The molecule has 0 spiro atoms. The van der Waals surface area contributed by atoms with Gasteiger partial charge in [-0.25, -0.2) is 9.97 Å². The molecule has 7 heterocycles. The monoisotopic (exact) mass is 528 g/mol. The number of thiophene rings is 1. The number of hydrogen-bond acceptors (Lipinski definition) is 11. The van der Waals surface area contributed by atoms with Crippen molar-refractivity contribution in [3.63, 3.8) is 0 Å². The van der Waals surface area contributed by atoms with Gasteiger partial charge in [0.15, 0.2) is 5.76 Å². The first-order valence-corrected chi connectivity index (χ1v) is 13.5. The second kappa shape index (κ2) is 8.52. The zero-order valence-electron chi connectivity index (χ0n) is 18.4. The number of aromatic nitrogens is 6. The summed E-state index contributed by atoms with van der Waals surface area (Å²) in [5, 5.41) is 19.5. The molecule has 0 fully saturated rings. The number of anilines is 2. The summed E-state index contributed by atoms with van der Waals surface area (Å²) in [5.41, 5.74) is 2.04. The molecule has 1 aliphatic heterocycles. The first-order chi connectivity index (χ1) is 17.9. The van der Waals surface area contributed by atoms with Gasteiger partial charge in [0.1, 0.15) is 27.9 Å². The molecular weight excluding hydrogens is 513 g/mol. The summed E-state index contributed by atoms with van der Waals surface area (Å²) in [6.45, 7) is 0. The molecule has 1 unspecified atom stereocenters. The third kappa shape index (κ3) is 3.02. The molecule has 0 amide bonds. The highest BCUT2D eigenvalue weighted by Gasteiger charge is 2.60. The normalized spacial score (nSPS) is 17.9. The lowest BCUT2D eigenvalue weighted by atomic mass is 9.99. The zero-order valence-corrected chi connectivity index (χ0v) is 20.9. The van der Waals surface area contributed by atoms with Crippen molar-refractivity contribution in [3.8, 4) is 0 Å². The van der Waals surface area contributed by atoms with Gasteiger partial charge in [-0.15, -0.1) is 22.7 Å². The molecule has 0 aliphatic carbocycles. The topological polar surface area (TPSA) is 99.9 Å². The molecule has 1 aliphatic rings. The Kier molecular flexibility index (Phi) is 5.01. The maximum atomic E-state index is 6.21. The van der Waals surface area contributed by atoms with Crippen molar-refractivity contribution in [2.45, 2.75) is 5.66 Å². The molecule has 1 atom stereocenters. The summed E-state index contributed by atoms with van der Waals surface area (Å²) in [6.07, 6.45) is 6.99. The highest BCUT2D eigenvalue weighted by Crippen LogP contribution is 2.57. The molecule has 0 bridgehead atoms. The minimum Gasteiger partial charge on any atom is -0.464 e. The van der Waals surface area contributed by atoms with Gasteiger partial charge in [0, 0.05) is 23.2 Å². The Bertz CT molecular complexity index is 1540. The number of furan rings is 1. The molecule has 0 saturated carbocycles. The SMILES string of the molecule is c1ccc(N2C(c3ccsn3)=C(c3nccs3)N(c3cccs3)C2(c2cn[nH]n2)c2ccco2)nc1. The van der Waals surface area contributed by atoms with Crippen molar-refractivity contribution < 1.29 is 4.42 Å². The molecule has 0 radical (unpaired) electrons. The van der Waals surface area contributed by atoms with Crippen LogP contribution in [0.2, 0.25) is 0 Å². The molecule has 7 rings (SSSR count). The minimum absolute atomic E-state index is 0.635. The Labute approximate surface area is 217 Å². The van der Waals surface area contributed by atoms with E-state index < -0.39 is 5.66 Å². The van der Waals surface area contributed by atoms with Crippen LogP contribution in [0.15, 0.2) is 93.9 Å². The Morgan fingerprint density at radius 3 is 2.53 bits per heavy atom. The van der Waals surface area contributed by atoms with Crippen LogP contribution in [0.1, 0.15) is 22.2 Å². The molecule has 36 heavy (non-hydrogen) atoms. The Morgan fingerprint density at radius 2 is 1.86 bits per heavy atom. The number of pyridine rings is 1. The molecule has 0 saturated heterocycles. The summed E-state index contributed by atoms with van der Waals surface area (Å²) in [5.74, 6) is 1.35. The van der Waals surface area contributed by atoms with Gasteiger partial charge in [0.05, 0.1) is 23.2 Å². The van der Waals surface area contributed by atoms with Gasteiger partial charge < -0.3 is 4.42 Å². The Balaban J connectivity index is 1.68. The Morgan fingerprint density at radius 1 is 0.861 bits per heavy atom. The van der Waals surface area contributed by atoms with Crippen LogP contribution in [0.4, 0.5) is 10.8 Å². The molecule has 176 valence electrons. The number of H-pyrrole nitrogens is 1. The highest BCUT2D eigenvalue weighted by molar-refractivity contribution is 7.14. The molecule has 9 nitrogen and oxygen atoms in total. The van der Waals surface area contributed by atoms with Crippen LogP contribution >= 0.6 is 34.2 Å². The van der Waals surface area contributed by atoms with E-state index in [9.17, 15) is 0 Å². The third-order valence-electron chi connectivity index (χ3n) is 5.88. The van der Waals surface area contributed by atoms with E-state index in [4.69, 9.17) is 18.8 Å². The summed E-state index contributed by atoms with van der Waals surface area (Å²) in [4.78, 5) is 13.9. The summed E-state index contributed by atoms with van der Waals surface area (Å²) in [6, 6.07) is 15.8.